The fraction of sp³-hybridized carbons (Fsp3) is 0.136. The number of hydrogen-bond donors (Lipinski definition) is 1. The van der Waals surface area contributed by atoms with Crippen molar-refractivity contribution in [3.63, 3.8) is 0 Å². The molecule has 0 aliphatic heterocycles. The Morgan fingerprint density at radius 2 is 1.79 bits per heavy atom. The lowest BCUT2D eigenvalue weighted by molar-refractivity contribution is 0.355. The number of pyridine rings is 1. The number of methoxy groups -OCH3 is 2. The average Bonchev–Trinajstić information content (AvgIpc) is 3.06. The topological polar surface area (TPSA) is 48.3 Å². The molecule has 0 saturated heterocycles. The van der Waals surface area contributed by atoms with Gasteiger partial charge in [0.25, 0.3) is 0 Å². The Balaban J connectivity index is 1.78. The highest BCUT2D eigenvalue weighted by Gasteiger charge is 2.13. The van der Waals surface area contributed by atoms with E-state index in [0.29, 0.717) is 17.3 Å². The molecule has 2 heterocycles. The lowest BCUT2D eigenvalue weighted by atomic mass is 10.1. The highest BCUT2D eigenvalue weighted by Crippen LogP contribution is 2.34. The molecule has 0 radical (unpaired) electrons. The van der Waals surface area contributed by atoms with Gasteiger partial charge in [-0.15, -0.1) is 0 Å². The molecule has 2 aromatic heterocycles. The van der Waals surface area contributed by atoms with Gasteiger partial charge in [0.2, 0.25) is 0 Å². The molecule has 1 N–H and O–H groups in total. The minimum atomic E-state index is -0.260. The van der Waals surface area contributed by atoms with E-state index >= 15 is 0 Å². The number of hydrogen-bond acceptors (Lipinski definition) is 4. The Morgan fingerprint density at radius 1 is 0.964 bits per heavy atom. The fourth-order valence-corrected chi connectivity index (χ4v) is 3.34. The largest absolute Gasteiger partial charge is 0.493 e. The van der Waals surface area contributed by atoms with E-state index in [4.69, 9.17) is 9.47 Å². The second-order valence-electron chi connectivity index (χ2n) is 6.39. The number of nitrogens with zero attached hydrogens (tertiary/aromatic N) is 2. The lowest BCUT2D eigenvalue weighted by Crippen LogP contribution is -1.97. The van der Waals surface area contributed by atoms with Crippen LogP contribution in [0, 0.1) is 5.82 Å². The van der Waals surface area contributed by atoms with Crippen LogP contribution in [0.15, 0.2) is 60.8 Å². The maximum absolute atomic E-state index is 13.7. The van der Waals surface area contributed by atoms with Crippen molar-refractivity contribution < 1.29 is 13.9 Å². The normalized spacial score (nSPS) is 10.9. The first-order valence-electron chi connectivity index (χ1n) is 8.80. The predicted molar refractivity (Wildman–Crippen MR) is 109 cm³/mol. The van der Waals surface area contributed by atoms with Gasteiger partial charge in [-0.3, -0.25) is 0 Å². The summed E-state index contributed by atoms with van der Waals surface area (Å²) in [5.74, 6) is 1.74. The molecule has 0 aliphatic rings. The Kier molecular flexibility index (Phi) is 4.61. The summed E-state index contributed by atoms with van der Waals surface area (Å²) in [4.78, 5) is 4.50. The van der Waals surface area contributed by atoms with Crippen LogP contribution in [0.25, 0.3) is 22.2 Å². The van der Waals surface area contributed by atoms with Crippen LogP contribution in [0.4, 0.5) is 15.9 Å². The molecule has 28 heavy (non-hydrogen) atoms. The molecule has 0 atom stereocenters. The van der Waals surface area contributed by atoms with Gasteiger partial charge < -0.3 is 19.4 Å². The molecule has 6 heteroatoms. The molecule has 4 rings (SSSR count). The van der Waals surface area contributed by atoms with E-state index < -0.39 is 0 Å². The summed E-state index contributed by atoms with van der Waals surface area (Å²) in [5, 5.41) is 4.29. The Bertz CT molecular complexity index is 1150. The smallest absolute Gasteiger partial charge is 0.162 e. The van der Waals surface area contributed by atoms with Crippen molar-refractivity contribution in [2.75, 3.05) is 19.5 Å². The number of aromatic nitrogens is 2. The molecular weight excluding hydrogens is 357 g/mol. The third-order valence-corrected chi connectivity index (χ3v) is 4.74. The van der Waals surface area contributed by atoms with Crippen molar-refractivity contribution in [3.8, 4) is 22.8 Å². The second kappa shape index (κ2) is 7.23. The molecule has 4 aromatic rings. The summed E-state index contributed by atoms with van der Waals surface area (Å²) in [7, 11) is 5.16. The lowest BCUT2D eigenvalue weighted by Gasteiger charge is -2.11. The third-order valence-electron chi connectivity index (χ3n) is 4.74. The summed E-state index contributed by atoms with van der Waals surface area (Å²) in [6, 6.07) is 16.1. The average molecular weight is 377 g/mol. The molecule has 0 saturated carbocycles. The van der Waals surface area contributed by atoms with Gasteiger partial charge in [-0.25, -0.2) is 9.37 Å². The van der Waals surface area contributed by atoms with Crippen molar-refractivity contribution in [2.24, 2.45) is 7.05 Å². The van der Waals surface area contributed by atoms with Gasteiger partial charge in [0.05, 0.1) is 19.7 Å². The van der Waals surface area contributed by atoms with Gasteiger partial charge in [0, 0.05) is 41.6 Å². The molecular formula is C22H20FN3O2. The van der Waals surface area contributed by atoms with Crippen LogP contribution in [0.3, 0.4) is 0 Å². The van der Waals surface area contributed by atoms with E-state index in [1.54, 1.807) is 26.5 Å². The standard InChI is InChI=1S/C22H20FN3O2/c1-26-18-9-10-24-22(25-16-7-8-20(27-2)21(12-16)28-3)17(18)13-19(26)14-5-4-6-15(23)11-14/h4-13H,1-3H3,(H,24,25). The van der Waals surface area contributed by atoms with E-state index in [2.05, 4.69) is 10.3 Å². The number of benzene rings is 2. The van der Waals surface area contributed by atoms with Crippen LogP contribution in [-0.4, -0.2) is 23.8 Å². The van der Waals surface area contributed by atoms with Crippen molar-refractivity contribution in [3.05, 3.63) is 66.6 Å². The van der Waals surface area contributed by atoms with E-state index in [9.17, 15) is 4.39 Å². The zero-order valence-electron chi connectivity index (χ0n) is 15.9. The summed E-state index contributed by atoms with van der Waals surface area (Å²) in [6.45, 7) is 0. The summed E-state index contributed by atoms with van der Waals surface area (Å²) >= 11 is 0. The van der Waals surface area contributed by atoms with Crippen LogP contribution in [0.2, 0.25) is 0 Å². The quantitative estimate of drug-likeness (QED) is 0.523. The number of ether oxygens (including phenoxy) is 2. The third kappa shape index (κ3) is 3.13. The minimum Gasteiger partial charge on any atom is -0.493 e. The van der Waals surface area contributed by atoms with Crippen LogP contribution in [-0.2, 0) is 7.05 Å². The van der Waals surface area contributed by atoms with Crippen LogP contribution >= 0.6 is 0 Å². The van der Waals surface area contributed by atoms with Gasteiger partial charge in [-0.2, -0.15) is 0 Å². The molecule has 5 nitrogen and oxygen atoms in total. The van der Waals surface area contributed by atoms with Crippen LogP contribution in [0.1, 0.15) is 0 Å². The number of halogens is 1. The molecule has 0 fully saturated rings. The molecule has 2 aromatic carbocycles. The number of fused-ring (bicyclic) bond motifs is 1. The van der Waals surface area contributed by atoms with Gasteiger partial charge in [0.15, 0.2) is 11.5 Å². The highest BCUT2D eigenvalue weighted by atomic mass is 19.1. The van der Waals surface area contributed by atoms with Crippen LogP contribution < -0.4 is 14.8 Å². The zero-order valence-corrected chi connectivity index (χ0v) is 15.9. The van der Waals surface area contributed by atoms with Crippen molar-refractivity contribution in [1.82, 2.24) is 9.55 Å². The van der Waals surface area contributed by atoms with Gasteiger partial charge in [0.1, 0.15) is 11.6 Å². The number of rotatable bonds is 5. The molecule has 0 aliphatic carbocycles. The molecule has 0 spiro atoms. The fourth-order valence-electron chi connectivity index (χ4n) is 3.34. The van der Waals surface area contributed by atoms with E-state index in [-0.39, 0.29) is 5.82 Å². The van der Waals surface area contributed by atoms with E-state index in [1.807, 2.05) is 48.0 Å². The highest BCUT2D eigenvalue weighted by molar-refractivity contribution is 5.96. The van der Waals surface area contributed by atoms with Crippen LogP contribution in [0.5, 0.6) is 11.5 Å². The monoisotopic (exact) mass is 377 g/mol. The molecule has 142 valence electrons. The summed E-state index contributed by atoms with van der Waals surface area (Å²) in [6.07, 6.45) is 1.75. The summed E-state index contributed by atoms with van der Waals surface area (Å²) in [5.41, 5.74) is 3.56. The summed E-state index contributed by atoms with van der Waals surface area (Å²) < 4.78 is 26.4. The molecule has 0 bridgehead atoms. The molecule has 0 amide bonds. The minimum absolute atomic E-state index is 0.260. The Labute approximate surface area is 162 Å². The SMILES string of the molecule is COc1ccc(Nc2nccc3c2cc(-c2cccc(F)c2)n3C)cc1OC. The van der Waals surface area contributed by atoms with Crippen molar-refractivity contribution in [2.45, 2.75) is 0 Å². The number of aryl methyl sites for hydroxylation is 1. The van der Waals surface area contributed by atoms with Crippen molar-refractivity contribution in [1.29, 1.82) is 0 Å². The van der Waals surface area contributed by atoms with Gasteiger partial charge >= 0.3 is 0 Å². The Morgan fingerprint density at radius 3 is 2.54 bits per heavy atom. The maximum atomic E-state index is 13.7. The first kappa shape index (κ1) is 17.9. The second-order valence-corrected chi connectivity index (χ2v) is 6.39. The first-order valence-corrected chi connectivity index (χ1v) is 8.80. The Hall–Kier alpha value is -3.54. The van der Waals surface area contributed by atoms with Gasteiger partial charge in [-0.1, -0.05) is 12.1 Å². The maximum Gasteiger partial charge on any atom is 0.162 e. The number of nitrogens with one attached hydrogen (secondary N) is 1. The first-order chi connectivity index (χ1) is 13.6. The van der Waals surface area contributed by atoms with Crippen molar-refractivity contribution >= 4 is 22.4 Å². The van der Waals surface area contributed by atoms with E-state index in [0.717, 1.165) is 27.8 Å². The number of anilines is 2. The van der Waals surface area contributed by atoms with Gasteiger partial charge in [-0.05, 0) is 36.4 Å². The zero-order chi connectivity index (χ0) is 19.7. The predicted octanol–water partition coefficient (Wildman–Crippen LogP) is 5.14. The van der Waals surface area contributed by atoms with E-state index in [1.165, 1.54) is 12.1 Å². The molecule has 0 unspecified atom stereocenters.